The maximum Gasteiger partial charge on any atom is 0.279 e. The van der Waals surface area contributed by atoms with Gasteiger partial charge >= 0.3 is 0 Å². The van der Waals surface area contributed by atoms with Gasteiger partial charge in [-0.05, 0) is 26.0 Å². The number of sulfonamides is 1. The van der Waals surface area contributed by atoms with Crippen molar-refractivity contribution in [1.29, 1.82) is 0 Å². The van der Waals surface area contributed by atoms with Gasteiger partial charge in [0.1, 0.15) is 5.82 Å². The van der Waals surface area contributed by atoms with Crippen LogP contribution in [-0.4, -0.2) is 23.4 Å². The number of rotatable bonds is 4. The fourth-order valence-corrected chi connectivity index (χ4v) is 2.71. The van der Waals surface area contributed by atoms with Crippen LogP contribution in [0, 0.1) is 13.8 Å². The molecular formula is C12H16N4O2S. The van der Waals surface area contributed by atoms with E-state index in [0.717, 1.165) is 5.69 Å². The van der Waals surface area contributed by atoms with Crippen LogP contribution in [0.4, 0.5) is 5.69 Å². The third kappa shape index (κ3) is 2.93. The molecule has 7 heteroatoms. The topological polar surface area (TPSA) is 87.7 Å². The van der Waals surface area contributed by atoms with E-state index in [9.17, 15) is 8.42 Å². The van der Waals surface area contributed by atoms with E-state index >= 15 is 0 Å². The lowest BCUT2D eigenvalue weighted by atomic mass is 10.3. The van der Waals surface area contributed by atoms with Crippen molar-refractivity contribution in [3.8, 4) is 0 Å². The Kier molecular flexibility index (Phi) is 3.57. The monoisotopic (exact) mass is 280 g/mol. The standard InChI is InChI=1S/C12H16N4O2S/c1-4-11-13-7-12(15-11)19(17,18)16-10-6-5-8(2)14-9(10)3/h5-7,16H,4H2,1-3H3,(H,13,15). The van der Waals surface area contributed by atoms with Crippen molar-refractivity contribution in [3.63, 3.8) is 0 Å². The van der Waals surface area contributed by atoms with Gasteiger partial charge in [-0.2, -0.15) is 8.42 Å². The summed E-state index contributed by atoms with van der Waals surface area (Å²) in [4.78, 5) is 11.0. The summed E-state index contributed by atoms with van der Waals surface area (Å²) in [6, 6.07) is 3.46. The highest BCUT2D eigenvalue weighted by Crippen LogP contribution is 2.17. The second-order valence-electron chi connectivity index (χ2n) is 4.24. The lowest BCUT2D eigenvalue weighted by Gasteiger charge is -2.08. The van der Waals surface area contributed by atoms with Gasteiger partial charge in [0.2, 0.25) is 0 Å². The first kappa shape index (κ1) is 13.5. The molecule has 102 valence electrons. The zero-order chi connectivity index (χ0) is 14.0. The summed E-state index contributed by atoms with van der Waals surface area (Å²) in [5.74, 6) is 0.638. The van der Waals surface area contributed by atoms with Crippen molar-refractivity contribution in [1.82, 2.24) is 15.0 Å². The minimum absolute atomic E-state index is 0.0596. The quantitative estimate of drug-likeness (QED) is 0.893. The van der Waals surface area contributed by atoms with Crippen LogP contribution in [0.5, 0.6) is 0 Å². The zero-order valence-corrected chi connectivity index (χ0v) is 11.9. The molecule has 0 unspecified atom stereocenters. The third-order valence-corrected chi connectivity index (χ3v) is 3.97. The molecule has 0 bridgehead atoms. The molecule has 2 rings (SSSR count). The van der Waals surface area contributed by atoms with Gasteiger partial charge in [-0.1, -0.05) is 6.92 Å². The first-order chi connectivity index (χ1) is 8.92. The summed E-state index contributed by atoms with van der Waals surface area (Å²) in [5, 5.41) is 0.0596. The van der Waals surface area contributed by atoms with Gasteiger partial charge < -0.3 is 4.98 Å². The summed E-state index contributed by atoms with van der Waals surface area (Å²) in [5.41, 5.74) is 1.95. The van der Waals surface area contributed by atoms with E-state index in [2.05, 4.69) is 19.7 Å². The predicted molar refractivity (Wildman–Crippen MR) is 72.5 cm³/mol. The van der Waals surface area contributed by atoms with Crippen LogP contribution in [0.2, 0.25) is 0 Å². The van der Waals surface area contributed by atoms with Gasteiger partial charge in [0, 0.05) is 12.1 Å². The van der Waals surface area contributed by atoms with Crippen molar-refractivity contribution in [2.45, 2.75) is 32.2 Å². The van der Waals surface area contributed by atoms with E-state index in [1.807, 2.05) is 13.8 Å². The highest BCUT2D eigenvalue weighted by molar-refractivity contribution is 7.92. The Labute approximate surface area is 112 Å². The number of hydrogen-bond acceptors (Lipinski definition) is 4. The molecule has 0 aromatic carbocycles. The van der Waals surface area contributed by atoms with Crippen LogP contribution in [-0.2, 0) is 16.4 Å². The van der Waals surface area contributed by atoms with E-state index in [-0.39, 0.29) is 5.03 Å². The molecular weight excluding hydrogens is 264 g/mol. The molecule has 2 aromatic heterocycles. The third-order valence-electron chi connectivity index (χ3n) is 2.70. The Hall–Kier alpha value is -1.89. The number of pyridine rings is 1. The Morgan fingerprint density at radius 1 is 1.32 bits per heavy atom. The number of anilines is 1. The summed E-state index contributed by atoms with van der Waals surface area (Å²) >= 11 is 0. The number of hydrogen-bond donors (Lipinski definition) is 2. The number of imidazole rings is 1. The van der Waals surface area contributed by atoms with Gasteiger partial charge in [-0.15, -0.1) is 0 Å². The van der Waals surface area contributed by atoms with Crippen molar-refractivity contribution in [3.05, 3.63) is 35.5 Å². The number of nitrogens with one attached hydrogen (secondary N) is 2. The molecule has 0 saturated heterocycles. The molecule has 2 heterocycles. The molecule has 2 N–H and O–H groups in total. The van der Waals surface area contributed by atoms with Crippen molar-refractivity contribution in [2.24, 2.45) is 0 Å². The lowest BCUT2D eigenvalue weighted by molar-refractivity contribution is 0.598. The van der Waals surface area contributed by atoms with E-state index in [4.69, 9.17) is 0 Å². The molecule has 0 saturated carbocycles. The van der Waals surface area contributed by atoms with Gasteiger partial charge in [0.25, 0.3) is 10.0 Å². The van der Waals surface area contributed by atoms with E-state index in [1.54, 1.807) is 19.1 Å². The summed E-state index contributed by atoms with van der Waals surface area (Å²) in [7, 11) is -3.65. The molecule has 6 nitrogen and oxygen atoms in total. The highest BCUT2D eigenvalue weighted by Gasteiger charge is 2.18. The molecule has 0 aliphatic carbocycles. The number of H-pyrrole nitrogens is 1. The summed E-state index contributed by atoms with van der Waals surface area (Å²) in [6.45, 7) is 5.51. The van der Waals surface area contributed by atoms with Gasteiger partial charge in [-0.3, -0.25) is 9.71 Å². The molecule has 0 aliphatic heterocycles. The predicted octanol–water partition coefficient (Wildman–Crippen LogP) is 1.78. The smallest absolute Gasteiger partial charge is 0.279 e. The number of aromatic amines is 1. The fourth-order valence-electron chi connectivity index (χ4n) is 1.65. The maximum atomic E-state index is 12.2. The Balaban J connectivity index is 2.30. The minimum atomic E-state index is -3.65. The average Bonchev–Trinajstić information content (AvgIpc) is 2.82. The first-order valence-electron chi connectivity index (χ1n) is 5.93. The van der Waals surface area contributed by atoms with E-state index < -0.39 is 10.0 Å². The van der Waals surface area contributed by atoms with E-state index in [1.165, 1.54) is 6.20 Å². The number of aryl methyl sites for hydroxylation is 3. The lowest BCUT2D eigenvalue weighted by Crippen LogP contribution is -2.14. The van der Waals surface area contributed by atoms with Crippen LogP contribution in [0.1, 0.15) is 24.1 Å². The molecule has 0 fully saturated rings. The van der Waals surface area contributed by atoms with E-state index in [0.29, 0.717) is 23.6 Å². The van der Waals surface area contributed by atoms with Crippen LogP contribution in [0.25, 0.3) is 0 Å². The van der Waals surface area contributed by atoms with Crippen LogP contribution >= 0.6 is 0 Å². The van der Waals surface area contributed by atoms with Crippen molar-refractivity contribution in [2.75, 3.05) is 4.72 Å². The van der Waals surface area contributed by atoms with Crippen LogP contribution < -0.4 is 4.72 Å². The zero-order valence-electron chi connectivity index (χ0n) is 11.1. The molecule has 0 aliphatic rings. The second kappa shape index (κ2) is 5.00. The Morgan fingerprint density at radius 2 is 2.05 bits per heavy atom. The highest BCUT2D eigenvalue weighted by atomic mass is 32.2. The summed E-state index contributed by atoms with van der Waals surface area (Å²) < 4.78 is 26.8. The molecule has 0 radical (unpaired) electrons. The average molecular weight is 280 g/mol. The van der Waals surface area contributed by atoms with Crippen LogP contribution in [0.3, 0.4) is 0 Å². The second-order valence-corrected chi connectivity index (χ2v) is 5.89. The number of nitrogens with zero attached hydrogens (tertiary/aromatic N) is 2. The Morgan fingerprint density at radius 3 is 2.63 bits per heavy atom. The fraction of sp³-hybridized carbons (Fsp3) is 0.333. The minimum Gasteiger partial charge on any atom is -0.332 e. The number of aromatic nitrogens is 3. The maximum absolute atomic E-state index is 12.2. The molecule has 0 amide bonds. The van der Waals surface area contributed by atoms with Gasteiger partial charge in [-0.25, -0.2) is 4.98 Å². The molecule has 19 heavy (non-hydrogen) atoms. The SMILES string of the molecule is CCc1ncc(S(=O)(=O)Nc2ccc(C)nc2C)[nH]1. The van der Waals surface area contributed by atoms with Gasteiger partial charge in [0.15, 0.2) is 5.03 Å². The van der Waals surface area contributed by atoms with Gasteiger partial charge in [0.05, 0.1) is 17.6 Å². The molecule has 0 spiro atoms. The summed E-state index contributed by atoms with van der Waals surface area (Å²) in [6.07, 6.45) is 1.97. The first-order valence-corrected chi connectivity index (χ1v) is 7.41. The Bertz CT molecular complexity index is 692. The van der Waals surface area contributed by atoms with Crippen molar-refractivity contribution < 1.29 is 8.42 Å². The van der Waals surface area contributed by atoms with Crippen LogP contribution in [0.15, 0.2) is 23.4 Å². The molecule has 0 atom stereocenters. The largest absolute Gasteiger partial charge is 0.332 e. The normalized spacial score (nSPS) is 11.5. The molecule has 2 aromatic rings. The van der Waals surface area contributed by atoms with Crippen molar-refractivity contribution >= 4 is 15.7 Å².